The molecule has 0 spiro atoms. The Labute approximate surface area is 65.5 Å². The van der Waals surface area contributed by atoms with E-state index in [4.69, 9.17) is 0 Å². The van der Waals surface area contributed by atoms with Gasteiger partial charge in [-0.1, -0.05) is 13.1 Å². The monoisotopic (exact) mass is 210 g/mol. The summed E-state index contributed by atoms with van der Waals surface area (Å²) in [6, 6.07) is 0. The highest BCUT2D eigenvalue weighted by Gasteiger charge is 2.15. The molecule has 0 aliphatic carbocycles. The van der Waals surface area contributed by atoms with Gasteiger partial charge in [0.05, 0.1) is 0 Å². The van der Waals surface area contributed by atoms with Gasteiger partial charge in [-0.3, -0.25) is 0 Å². The van der Waals surface area contributed by atoms with E-state index in [0.717, 1.165) is 0 Å². The van der Waals surface area contributed by atoms with Gasteiger partial charge in [-0.2, -0.15) is 0 Å². The first-order valence-corrected chi connectivity index (χ1v) is 26.6. The molecule has 8 heavy (non-hydrogen) atoms. The van der Waals surface area contributed by atoms with Crippen molar-refractivity contribution >= 4 is 52.3 Å². The van der Waals surface area contributed by atoms with Crippen LogP contribution in [0.2, 0.25) is 13.1 Å². The normalized spacial score (nSPS) is 17.2. The molecule has 0 aliphatic heterocycles. The van der Waals surface area contributed by atoms with Crippen LogP contribution < -0.4 is 0 Å². The fraction of sp³-hybridized carbons (Fsp3) is 1.00. The van der Waals surface area contributed by atoms with Crippen molar-refractivity contribution in [2.24, 2.45) is 0 Å². The zero-order valence-electron chi connectivity index (χ0n) is 6.62. The molecule has 0 radical (unpaired) electrons. The molecule has 0 heterocycles. The summed E-state index contributed by atoms with van der Waals surface area (Å²) < 4.78 is 0. The number of hydrogen-bond donors (Lipinski definition) is 0. The Morgan fingerprint density at radius 2 is 1.75 bits per heavy atom. The first kappa shape index (κ1) is 9.30. The van der Waals surface area contributed by atoms with Gasteiger partial charge in [0.1, 0.15) is 0 Å². The molecule has 0 saturated carbocycles. The second-order valence-electron chi connectivity index (χ2n) is 3.27. The molecule has 6 heteroatoms. The molecule has 0 rings (SSSR count). The SMILES string of the molecule is C[Si](C)([SiH2][SiH3])[SiH2][SiH2][SiH3]. The lowest BCUT2D eigenvalue weighted by Gasteiger charge is -2.16. The van der Waals surface area contributed by atoms with Gasteiger partial charge in [0, 0.05) is 7.11 Å². The van der Waals surface area contributed by atoms with Crippen molar-refractivity contribution in [1.82, 2.24) is 0 Å². The maximum absolute atomic E-state index is 2.68. The Kier molecular flexibility index (Phi) is 4.85. The summed E-state index contributed by atoms with van der Waals surface area (Å²) in [6.07, 6.45) is 0. The average molecular weight is 211 g/mol. The maximum atomic E-state index is 2.68. The highest BCUT2D eigenvalue weighted by Crippen LogP contribution is 1.91. The third kappa shape index (κ3) is 4.21. The lowest BCUT2D eigenvalue weighted by molar-refractivity contribution is 2.05. The van der Waals surface area contributed by atoms with Crippen molar-refractivity contribution in [1.29, 1.82) is 0 Å². The lowest BCUT2D eigenvalue weighted by Crippen LogP contribution is -2.45. The summed E-state index contributed by atoms with van der Waals surface area (Å²) in [5.74, 6) is 0. The molecule has 0 saturated heterocycles. The van der Waals surface area contributed by atoms with E-state index in [0.29, 0.717) is 25.7 Å². The summed E-state index contributed by atoms with van der Waals surface area (Å²) in [5, 5.41) is 0. The molecule has 0 aliphatic rings. The molecule has 0 fully saturated rings. The number of rotatable bonds is 3. The fourth-order valence-corrected chi connectivity index (χ4v) is 126. The first-order chi connectivity index (χ1) is 3.62. The Morgan fingerprint density at radius 1 is 1.25 bits per heavy atom. The fourth-order valence-electron chi connectivity index (χ4n) is 0.854. The molecule has 50 valence electrons. The van der Waals surface area contributed by atoms with E-state index in [-0.39, 0.29) is 7.11 Å². The third-order valence-corrected chi connectivity index (χ3v) is 87.4. The molecule has 0 unspecified atom stereocenters. The molecule has 0 aromatic carbocycles. The van der Waals surface area contributed by atoms with E-state index >= 15 is 0 Å². The Morgan fingerprint density at radius 3 is 1.88 bits per heavy atom. The lowest BCUT2D eigenvalue weighted by atomic mass is 11.9. The van der Waals surface area contributed by atoms with E-state index in [9.17, 15) is 0 Å². The third-order valence-electron chi connectivity index (χ3n) is 1.88. The minimum Gasteiger partial charge on any atom is -0.0745 e. The van der Waals surface area contributed by atoms with Crippen LogP contribution in [0.5, 0.6) is 0 Å². The summed E-state index contributed by atoms with van der Waals surface area (Å²) in [4.78, 5) is 0. The number of hydrogen-bond acceptors (Lipinski definition) is 0. The summed E-state index contributed by atoms with van der Waals surface area (Å²) in [6.45, 7) is 5.37. The Bertz CT molecular complexity index is 59.5. The van der Waals surface area contributed by atoms with Gasteiger partial charge in [0.15, 0.2) is 0 Å². The van der Waals surface area contributed by atoms with Crippen molar-refractivity contribution in [3.8, 4) is 0 Å². The average Bonchev–Trinajstić information content (AvgIpc) is 1.67. The zero-order chi connectivity index (χ0) is 6.62. The molecule has 0 aromatic heterocycles. The molecule has 0 aromatic rings. The second-order valence-corrected chi connectivity index (χ2v) is 50.8. The van der Waals surface area contributed by atoms with Gasteiger partial charge in [-0.15, -0.1) is 0 Å². The van der Waals surface area contributed by atoms with Crippen LogP contribution in [0.4, 0.5) is 0 Å². The molecule has 0 atom stereocenters. The van der Waals surface area contributed by atoms with Gasteiger partial charge >= 0.3 is 0 Å². The van der Waals surface area contributed by atoms with Crippen LogP contribution in [-0.2, 0) is 0 Å². The van der Waals surface area contributed by atoms with E-state index in [1.54, 1.807) is 19.5 Å². The van der Waals surface area contributed by atoms with Crippen molar-refractivity contribution in [3.05, 3.63) is 0 Å². The van der Waals surface area contributed by atoms with Crippen LogP contribution in [0.1, 0.15) is 0 Å². The molecular weight excluding hydrogens is 193 g/mol. The first-order valence-electron chi connectivity index (χ1n) is 3.62. The van der Waals surface area contributed by atoms with Crippen LogP contribution in [0.3, 0.4) is 0 Å². The summed E-state index contributed by atoms with van der Waals surface area (Å²) in [5.41, 5.74) is 0. The van der Waals surface area contributed by atoms with Crippen LogP contribution in [0.25, 0.3) is 0 Å². The largest absolute Gasteiger partial charge is 0.0745 e. The highest BCUT2D eigenvalue weighted by molar-refractivity contribution is 7.69. The summed E-state index contributed by atoms with van der Waals surface area (Å²) in [7, 11) is 5.05. The Balaban J connectivity index is 3.37. The smallest absolute Gasteiger partial charge is 0.0155 e. The van der Waals surface area contributed by atoms with Crippen LogP contribution in [0.15, 0.2) is 0 Å². The quantitative estimate of drug-likeness (QED) is 0.414. The molecule has 0 N–H and O–H groups in total. The predicted octanol–water partition coefficient (Wildman–Crippen LogP) is -4.33. The van der Waals surface area contributed by atoms with Gasteiger partial charge in [0.25, 0.3) is 0 Å². The van der Waals surface area contributed by atoms with E-state index in [1.807, 2.05) is 0 Å². The second kappa shape index (κ2) is 4.17. The Hall–Kier alpha value is 1.30. The van der Waals surface area contributed by atoms with Crippen molar-refractivity contribution < 1.29 is 0 Å². The van der Waals surface area contributed by atoms with Crippen molar-refractivity contribution in [2.45, 2.75) is 13.1 Å². The van der Waals surface area contributed by atoms with Gasteiger partial charge in [-0.05, 0) is 45.2 Å². The minimum atomic E-state index is -0.241. The van der Waals surface area contributed by atoms with Crippen LogP contribution in [-0.4, -0.2) is 52.3 Å². The molecular formula is C2H18Si6. The van der Waals surface area contributed by atoms with Gasteiger partial charge in [-0.25, -0.2) is 0 Å². The standard InChI is InChI=1S/C2H18Si6/c1-8(2,6-4)7-5-3/h5-7H2,1-4H3. The van der Waals surface area contributed by atoms with E-state index in [1.165, 1.54) is 0 Å². The van der Waals surface area contributed by atoms with E-state index < -0.39 is 0 Å². The van der Waals surface area contributed by atoms with Gasteiger partial charge < -0.3 is 0 Å². The predicted molar refractivity (Wildman–Crippen MR) is 63.0 cm³/mol. The zero-order valence-corrected chi connectivity index (χ0v) is 15.9. The molecule has 0 bridgehead atoms. The minimum absolute atomic E-state index is 0.241. The van der Waals surface area contributed by atoms with Gasteiger partial charge in [0.2, 0.25) is 0 Å². The van der Waals surface area contributed by atoms with Crippen molar-refractivity contribution in [2.75, 3.05) is 0 Å². The molecule has 0 amide bonds. The molecule has 0 nitrogen and oxygen atoms in total. The highest BCUT2D eigenvalue weighted by atomic mass is 29.9. The summed E-state index contributed by atoms with van der Waals surface area (Å²) >= 11 is 0. The maximum Gasteiger partial charge on any atom is 0.0155 e. The van der Waals surface area contributed by atoms with Crippen molar-refractivity contribution in [3.63, 3.8) is 0 Å². The van der Waals surface area contributed by atoms with E-state index in [2.05, 4.69) is 13.1 Å². The topological polar surface area (TPSA) is 0 Å². The van der Waals surface area contributed by atoms with Crippen LogP contribution >= 0.6 is 0 Å². The van der Waals surface area contributed by atoms with Crippen LogP contribution in [0, 0.1) is 0 Å².